The van der Waals surface area contributed by atoms with Crippen molar-refractivity contribution in [1.82, 2.24) is 14.8 Å². The van der Waals surface area contributed by atoms with Crippen molar-refractivity contribution < 1.29 is 0 Å². The molecule has 0 aliphatic carbocycles. The summed E-state index contributed by atoms with van der Waals surface area (Å²) >= 11 is 0. The number of rotatable bonds is 3. The second kappa shape index (κ2) is 5.17. The predicted molar refractivity (Wildman–Crippen MR) is 81.1 cm³/mol. The molecule has 0 fully saturated rings. The number of para-hydroxylation sites is 1. The lowest BCUT2D eigenvalue weighted by Gasteiger charge is -2.12. The van der Waals surface area contributed by atoms with Crippen molar-refractivity contribution in [2.75, 3.05) is 19.0 Å². The summed E-state index contributed by atoms with van der Waals surface area (Å²) in [4.78, 5) is 6.60. The van der Waals surface area contributed by atoms with Gasteiger partial charge in [-0.2, -0.15) is 9.67 Å². The van der Waals surface area contributed by atoms with Crippen molar-refractivity contribution >= 4 is 5.95 Å². The Morgan fingerprint density at radius 3 is 2.05 bits per heavy atom. The van der Waals surface area contributed by atoms with Crippen molar-refractivity contribution in [1.29, 1.82) is 0 Å². The zero-order chi connectivity index (χ0) is 13.9. The molecule has 4 nitrogen and oxygen atoms in total. The first kappa shape index (κ1) is 12.4. The molecule has 1 heterocycles. The van der Waals surface area contributed by atoms with Gasteiger partial charge in [0.05, 0.1) is 5.69 Å². The average molecular weight is 264 g/mol. The molecule has 0 spiro atoms. The Bertz CT molecular complexity index is 687. The minimum absolute atomic E-state index is 0.734. The Morgan fingerprint density at radius 1 is 0.850 bits per heavy atom. The van der Waals surface area contributed by atoms with Crippen LogP contribution in [-0.2, 0) is 0 Å². The number of benzene rings is 2. The predicted octanol–water partition coefficient (Wildman–Crippen LogP) is 3.00. The molecule has 0 saturated heterocycles. The second-order valence-electron chi connectivity index (χ2n) is 4.74. The number of anilines is 1. The van der Waals surface area contributed by atoms with Gasteiger partial charge in [-0.15, -0.1) is 5.10 Å². The summed E-state index contributed by atoms with van der Waals surface area (Å²) in [6.45, 7) is 0. The SMILES string of the molecule is CN(C)c1nc(-c2ccccc2)nn1-c1ccccc1. The zero-order valence-corrected chi connectivity index (χ0v) is 11.6. The smallest absolute Gasteiger partial charge is 0.228 e. The van der Waals surface area contributed by atoms with E-state index in [0.29, 0.717) is 0 Å². The van der Waals surface area contributed by atoms with E-state index in [-0.39, 0.29) is 0 Å². The molecule has 0 aliphatic heterocycles. The first-order valence-corrected chi connectivity index (χ1v) is 6.51. The third-order valence-corrected chi connectivity index (χ3v) is 3.02. The van der Waals surface area contributed by atoms with Gasteiger partial charge in [-0.25, -0.2) is 0 Å². The van der Waals surface area contributed by atoms with Gasteiger partial charge < -0.3 is 4.90 Å². The second-order valence-corrected chi connectivity index (χ2v) is 4.74. The maximum atomic E-state index is 4.64. The lowest BCUT2D eigenvalue weighted by atomic mass is 10.2. The van der Waals surface area contributed by atoms with Crippen molar-refractivity contribution in [3.63, 3.8) is 0 Å². The van der Waals surface area contributed by atoms with E-state index >= 15 is 0 Å². The Morgan fingerprint density at radius 2 is 1.45 bits per heavy atom. The van der Waals surface area contributed by atoms with Crippen LogP contribution in [0.3, 0.4) is 0 Å². The first-order valence-electron chi connectivity index (χ1n) is 6.51. The van der Waals surface area contributed by atoms with E-state index in [2.05, 4.69) is 10.1 Å². The number of hydrogen-bond acceptors (Lipinski definition) is 3. The standard InChI is InChI=1S/C16H16N4/c1-19(2)16-17-15(13-9-5-3-6-10-13)18-20(16)14-11-7-4-8-12-14/h3-12H,1-2H3. The van der Waals surface area contributed by atoms with E-state index in [1.807, 2.05) is 84.3 Å². The van der Waals surface area contributed by atoms with Crippen LogP contribution in [0.5, 0.6) is 0 Å². The highest BCUT2D eigenvalue weighted by atomic mass is 15.4. The van der Waals surface area contributed by atoms with Gasteiger partial charge in [0.2, 0.25) is 5.95 Å². The van der Waals surface area contributed by atoms with E-state index < -0.39 is 0 Å². The van der Waals surface area contributed by atoms with Crippen LogP contribution in [0.4, 0.5) is 5.95 Å². The molecule has 0 bridgehead atoms. The minimum Gasteiger partial charge on any atom is -0.347 e. The van der Waals surface area contributed by atoms with Crippen LogP contribution in [0, 0.1) is 0 Å². The van der Waals surface area contributed by atoms with Crippen LogP contribution in [0.2, 0.25) is 0 Å². The molecule has 20 heavy (non-hydrogen) atoms. The number of aromatic nitrogens is 3. The van der Waals surface area contributed by atoms with Gasteiger partial charge >= 0.3 is 0 Å². The normalized spacial score (nSPS) is 10.5. The van der Waals surface area contributed by atoms with Crippen molar-refractivity contribution in [3.05, 3.63) is 60.7 Å². The van der Waals surface area contributed by atoms with E-state index in [9.17, 15) is 0 Å². The monoisotopic (exact) mass is 264 g/mol. The third kappa shape index (κ3) is 2.28. The lowest BCUT2D eigenvalue weighted by molar-refractivity contribution is 0.851. The molecule has 0 radical (unpaired) electrons. The summed E-state index contributed by atoms with van der Waals surface area (Å²) in [6, 6.07) is 20.1. The molecule has 0 saturated carbocycles. The van der Waals surface area contributed by atoms with E-state index in [1.165, 1.54) is 0 Å². The molecule has 2 aromatic carbocycles. The first-order chi connectivity index (χ1) is 9.75. The Labute approximate surface area is 118 Å². The van der Waals surface area contributed by atoms with Gasteiger partial charge in [-0.05, 0) is 12.1 Å². The van der Waals surface area contributed by atoms with Crippen LogP contribution in [0.15, 0.2) is 60.7 Å². The Hall–Kier alpha value is -2.62. The number of nitrogens with zero attached hydrogens (tertiary/aromatic N) is 4. The van der Waals surface area contributed by atoms with Crippen LogP contribution in [0.25, 0.3) is 17.1 Å². The molecule has 3 aromatic rings. The summed E-state index contributed by atoms with van der Waals surface area (Å²) in [5.41, 5.74) is 2.02. The molecule has 3 rings (SSSR count). The van der Waals surface area contributed by atoms with Crippen molar-refractivity contribution in [2.45, 2.75) is 0 Å². The molecule has 1 aromatic heterocycles. The van der Waals surface area contributed by atoms with Crippen LogP contribution < -0.4 is 4.90 Å². The molecule has 0 amide bonds. The maximum Gasteiger partial charge on any atom is 0.228 e. The Kier molecular flexibility index (Phi) is 3.21. The van der Waals surface area contributed by atoms with Gasteiger partial charge in [0.1, 0.15) is 0 Å². The molecule has 0 aliphatic rings. The van der Waals surface area contributed by atoms with Gasteiger partial charge in [-0.1, -0.05) is 48.5 Å². The van der Waals surface area contributed by atoms with Gasteiger partial charge in [0.25, 0.3) is 0 Å². The fourth-order valence-electron chi connectivity index (χ4n) is 2.05. The van der Waals surface area contributed by atoms with Crippen LogP contribution in [-0.4, -0.2) is 28.9 Å². The average Bonchev–Trinajstić information content (AvgIpc) is 2.94. The summed E-state index contributed by atoms with van der Waals surface area (Å²) in [5, 5.41) is 4.64. The zero-order valence-electron chi connectivity index (χ0n) is 11.6. The van der Waals surface area contributed by atoms with Gasteiger partial charge in [0, 0.05) is 19.7 Å². The highest BCUT2D eigenvalue weighted by Crippen LogP contribution is 2.21. The van der Waals surface area contributed by atoms with Crippen LogP contribution in [0.1, 0.15) is 0 Å². The van der Waals surface area contributed by atoms with Gasteiger partial charge in [-0.3, -0.25) is 0 Å². The molecule has 100 valence electrons. The third-order valence-electron chi connectivity index (χ3n) is 3.02. The molecule has 0 N–H and O–H groups in total. The molecular weight excluding hydrogens is 248 g/mol. The summed E-state index contributed by atoms with van der Waals surface area (Å²) in [5.74, 6) is 1.55. The minimum atomic E-state index is 0.734. The van der Waals surface area contributed by atoms with Crippen molar-refractivity contribution in [3.8, 4) is 17.1 Å². The molecular formula is C16H16N4. The summed E-state index contributed by atoms with van der Waals surface area (Å²) < 4.78 is 1.86. The fraction of sp³-hybridized carbons (Fsp3) is 0.125. The maximum absolute atomic E-state index is 4.64. The van der Waals surface area contributed by atoms with Crippen molar-refractivity contribution in [2.24, 2.45) is 0 Å². The van der Waals surface area contributed by atoms with Gasteiger partial charge in [0.15, 0.2) is 5.82 Å². The highest BCUT2D eigenvalue weighted by Gasteiger charge is 2.14. The lowest BCUT2D eigenvalue weighted by Crippen LogP contribution is -2.15. The molecule has 0 atom stereocenters. The summed E-state index contributed by atoms with van der Waals surface area (Å²) in [6.07, 6.45) is 0. The topological polar surface area (TPSA) is 34.0 Å². The Balaban J connectivity index is 2.13. The fourth-order valence-corrected chi connectivity index (χ4v) is 2.05. The largest absolute Gasteiger partial charge is 0.347 e. The highest BCUT2D eigenvalue weighted by molar-refractivity contribution is 5.57. The van der Waals surface area contributed by atoms with E-state index in [0.717, 1.165) is 23.0 Å². The van der Waals surface area contributed by atoms with Crippen LogP contribution >= 0.6 is 0 Å². The number of hydrogen-bond donors (Lipinski definition) is 0. The molecule has 0 unspecified atom stereocenters. The summed E-state index contributed by atoms with van der Waals surface area (Å²) in [7, 11) is 3.94. The quantitative estimate of drug-likeness (QED) is 0.729. The molecule has 4 heteroatoms. The van der Waals surface area contributed by atoms with E-state index in [4.69, 9.17) is 0 Å². The van der Waals surface area contributed by atoms with E-state index in [1.54, 1.807) is 0 Å².